The van der Waals surface area contributed by atoms with Crippen LogP contribution in [0.4, 0.5) is 16.2 Å². The van der Waals surface area contributed by atoms with Crippen molar-refractivity contribution >= 4 is 23.6 Å². The number of anilines is 2. The van der Waals surface area contributed by atoms with Crippen molar-refractivity contribution in [2.24, 2.45) is 10.8 Å². The summed E-state index contributed by atoms with van der Waals surface area (Å²) in [6.07, 6.45) is 1.58. The van der Waals surface area contributed by atoms with E-state index in [1.165, 1.54) is 5.12 Å². The summed E-state index contributed by atoms with van der Waals surface area (Å²) in [6.45, 7) is 1.76. The van der Waals surface area contributed by atoms with Crippen LogP contribution in [-0.2, 0) is 0 Å². The third kappa shape index (κ3) is 3.73. The van der Waals surface area contributed by atoms with Crippen LogP contribution in [0.5, 0.6) is 0 Å². The minimum Gasteiger partial charge on any atom is -0.348 e. The summed E-state index contributed by atoms with van der Waals surface area (Å²) in [5.74, 6) is 0. The molecule has 0 fully saturated rings. The Bertz CT molecular complexity index is 600. The number of nitrogens with zero attached hydrogens (tertiary/aromatic N) is 3. The summed E-state index contributed by atoms with van der Waals surface area (Å²) in [6, 6.07) is 17.8. The van der Waals surface area contributed by atoms with Crippen LogP contribution in [0.3, 0.4) is 0 Å². The van der Waals surface area contributed by atoms with Gasteiger partial charge in [-0.15, -0.1) is 10.2 Å². The van der Waals surface area contributed by atoms with Gasteiger partial charge in [-0.1, -0.05) is 36.4 Å². The molecule has 0 aliphatic carbocycles. The Morgan fingerprint density at radius 3 is 2.19 bits per heavy atom. The van der Waals surface area contributed by atoms with Gasteiger partial charge in [0.05, 0.1) is 11.4 Å². The van der Waals surface area contributed by atoms with E-state index in [4.69, 9.17) is 5.73 Å². The molecule has 0 saturated carbocycles. The molecule has 21 heavy (non-hydrogen) atoms. The number of hydrazone groups is 1. The second-order valence-corrected chi connectivity index (χ2v) is 4.13. The first-order valence-corrected chi connectivity index (χ1v) is 6.47. The Balaban J connectivity index is 2.31. The molecule has 108 valence electrons. The van der Waals surface area contributed by atoms with E-state index in [1.54, 1.807) is 13.1 Å². The Hall–Kier alpha value is -3.02. The first-order valence-electron chi connectivity index (χ1n) is 6.47. The van der Waals surface area contributed by atoms with E-state index in [0.717, 1.165) is 10.8 Å². The highest BCUT2D eigenvalue weighted by atomic mass is 16.2. The zero-order chi connectivity index (χ0) is 15.1. The minimum atomic E-state index is -0.673. The molecule has 2 rings (SSSR count). The maximum absolute atomic E-state index is 11.8. The third-order valence-electron chi connectivity index (χ3n) is 2.62. The van der Waals surface area contributed by atoms with Gasteiger partial charge in [0.25, 0.3) is 0 Å². The SMILES string of the molecule is C/C=N/N(c1ccccc1)N(Nc1ccccc1)C(N)=O. The third-order valence-corrected chi connectivity index (χ3v) is 2.62. The molecule has 0 heterocycles. The highest BCUT2D eigenvalue weighted by molar-refractivity contribution is 5.76. The number of hydrogen-bond acceptors (Lipinski definition) is 4. The van der Waals surface area contributed by atoms with Gasteiger partial charge in [-0.2, -0.15) is 5.10 Å². The minimum absolute atomic E-state index is 0.673. The van der Waals surface area contributed by atoms with Crippen molar-refractivity contribution in [3.63, 3.8) is 0 Å². The molecule has 6 nitrogen and oxygen atoms in total. The van der Waals surface area contributed by atoms with E-state index in [9.17, 15) is 4.79 Å². The largest absolute Gasteiger partial charge is 0.355 e. The molecule has 2 aromatic carbocycles. The normalized spacial score (nSPS) is 10.3. The van der Waals surface area contributed by atoms with Crippen molar-refractivity contribution in [2.45, 2.75) is 6.92 Å². The van der Waals surface area contributed by atoms with E-state index >= 15 is 0 Å². The zero-order valence-electron chi connectivity index (χ0n) is 11.7. The van der Waals surface area contributed by atoms with Crippen molar-refractivity contribution < 1.29 is 4.79 Å². The average Bonchev–Trinajstić information content (AvgIpc) is 2.52. The van der Waals surface area contributed by atoms with E-state index in [0.29, 0.717) is 5.69 Å². The summed E-state index contributed by atoms with van der Waals surface area (Å²) in [5, 5.41) is 6.72. The number of rotatable bonds is 5. The fraction of sp³-hybridized carbons (Fsp3) is 0.0667. The lowest BCUT2D eigenvalue weighted by Gasteiger charge is -2.31. The molecule has 0 atom stereocenters. The second kappa shape index (κ2) is 6.95. The smallest absolute Gasteiger partial charge is 0.348 e. The van der Waals surface area contributed by atoms with Gasteiger partial charge in [0.2, 0.25) is 0 Å². The number of para-hydroxylation sites is 2. The standard InChI is InChI=1S/C15H17N5O/c1-2-17-19(14-11-7-4-8-12-14)20(15(16)21)18-13-9-5-3-6-10-13/h2-12,18H,1H3,(H2,16,21)/b17-2+. The van der Waals surface area contributed by atoms with Gasteiger partial charge in [-0.05, 0) is 31.2 Å². The van der Waals surface area contributed by atoms with Crippen molar-refractivity contribution in [3.8, 4) is 0 Å². The van der Waals surface area contributed by atoms with Gasteiger partial charge in [-0.25, -0.2) is 4.79 Å². The fourth-order valence-corrected chi connectivity index (χ4v) is 1.74. The molecule has 0 aliphatic heterocycles. The Kier molecular flexibility index (Phi) is 4.76. The van der Waals surface area contributed by atoms with Crippen LogP contribution in [-0.4, -0.2) is 17.4 Å². The number of urea groups is 1. The van der Waals surface area contributed by atoms with Crippen LogP contribution in [0.1, 0.15) is 6.92 Å². The van der Waals surface area contributed by atoms with Gasteiger partial charge in [0, 0.05) is 6.21 Å². The number of hydrazine groups is 2. The predicted octanol–water partition coefficient (Wildman–Crippen LogP) is 2.82. The molecule has 2 aromatic rings. The van der Waals surface area contributed by atoms with E-state index in [2.05, 4.69) is 10.5 Å². The number of primary amides is 1. The molecule has 0 aromatic heterocycles. The molecular formula is C15H17N5O. The van der Waals surface area contributed by atoms with Gasteiger partial charge in [0.15, 0.2) is 0 Å². The quantitative estimate of drug-likeness (QED) is 0.654. The maximum atomic E-state index is 11.8. The van der Waals surface area contributed by atoms with Crippen LogP contribution < -0.4 is 16.3 Å². The molecule has 0 bridgehead atoms. The number of carbonyl (C=O) groups excluding carboxylic acids is 1. The van der Waals surface area contributed by atoms with Crippen molar-refractivity contribution in [1.29, 1.82) is 0 Å². The molecule has 0 unspecified atom stereocenters. The summed E-state index contributed by atoms with van der Waals surface area (Å²) in [4.78, 5) is 11.8. The van der Waals surface area contributed by atoms with E-state index in [-0.39, 0.29) is 0 Å². The molecule has 3 N–H and O–H groups in total. The summed E-state index contributed by atoms with van der Waals surface area (Å²) in [7, 11) is 0. The monoisotopic (exact) mass is 283 g/mol. The second-order valence-electron chi connectivity index (χ2n) is 4.13. The number of amides is 2. The zero-order valence-corrected chi connectivity index (χ0v) is 11.7. The van der Waals surface area contributed by atoms with E-state index in [1.807, 2.05) is 60.7 Å². The maximum Gasteiger partial charge on any atom is 0.355 e. The molecule has 0 saturated heterocycles. The molecule has 0 spiro atoms. The lowest BCUT2D eigenvalue weighted by atomic mass is 10.3. The fourth-order valence-electron chi connectivity index (χ4n) is 1.74. The van der Waals surface area contributed by atoms with Crippen molar-refractivity contribution in [3.05, 3.63) is 60.7 Å². The van der Waals surface area contributed by atoms with Crippen LogP contribution in [0.25, 0.3) is 0 Å². The molecule has 0 aliphatic rings. The Labute approximate surface area is 123 Å². The van der Waals surface area contributed by atoms with Gasteiger partial charge in [-0.3, -0.25) is 5.43 Å². The summed E-state index contributed by atoms with van der Waals surface area (Å²) in [5.41, 5.74) is 9.83. The van der Waals surface area contributed by atoms with Crippen LogP contribution in [0.2, 0.25) is 0 Å². The van der Waals surface area contributed by atoms with Crippen molar-refractivity contribution in [2.75, 3.05) is 10.5 Å². The van der Waals surface area contributed by atoms with Crippen LogP contribution in [0, 0.1) is 0 Å². The molecule has 0 radical (unpaired) electrons. The van der Waals surface area contributed by atoms with Gasteiger partial charge >= 0.3 is 6.03 Å². The number of nitrogens with two attached hydrogens (primary N) is 1. The molecule has 2 amide bonds. The lowest BCUT2D eigenvalue weighted by molar-refractivity contribution is 0.213. The van der Waals surface area contributed by atoms with Crippen LogP contribution in [0.15, 0.2) is 65.8 Å². The topological polar surface area (TPSA) is 74.0 Å². The molecular weight excluding hydrogens is 266 g/mol. The highest BCUT2D eigenvalue weighted by Gasteiger charge is 2.19. The van der Waals surface area contributed by atoms with Gasteiger partial charge in [0.1, 0.15) is 0 Å². The summed E-state index contributed by atoms with van der Waals surface area (Å²) >= 11 is 0. The van der Waals surface area contributed by atoms with Gasteiger partial charge < -0.3 is 5.73 Å². The first kappa shape index (κ1) is 14.4. The van der Waals surface area contributed by atoms with Crippen LogP contribution >= 0.6 is 0 Å². The number of carbonyl (C=O) groups is 1. The predicted molar refractivity (Wildman–Crippen MR) is 84.6 cm³/mol. The Morgan fingerprint density at radius 1 is 1.10 bits per heavy atom. The number of benzene rings is 2. The number of hydrogen-bond donors (Lipinski definition) is 2. The Morgan fingerprint density at radius 2 is 1.67 bits per heavy atom. The number of nitrogens with one attached hydrogen (secondary N) is 1. The summed E-state index contributed by atoms with van der Waals surface area (Å²) < 4.78 is 0. The highest BCUT2D eigenvalue weighted by Crippen LogP contribution is 2.17. The van der Waals surface area contributed by atoms with Crippen molar-refractivity contribution in [1.82, 2.24) is 5.12 Å². The van der Waals surface area contributed by atoms with E-state index < -0.39 is 6.03 Å². The average molecular weight is 283 g/mol. The first-order chi connectivity index (χ1) is 10.2. The molecule has 6 heteroatoms. The lowest BCUT2D eigenvalue weighted by Crippen LogP contribution is -2.50.